The summed E-state index contributed by atoms with van der Waals surface area (Å²) in [6, 6.07) is 6.33. The van der Waals surface area contributed by atoms with Crippen molar-refractivity contribution in [2.45, 2.75) is 0 Å². The van der Waals surface area contributed by atoms with Crippen molar-refractivity contribution in [1.82, 2.24) is 0 Å². The van der Waals surface area contributed by atoms with Gasteiger partial charge in [0.15, 0.2) is 0 Å². The lowest BCUT2D eigenvalue weighted by Gasteiger charge is -2.12. The fourth-order valence-electron chi connectivity index (χ4n) is 0.957. The van der Waals surface area contributed by atoms with E-state index in [1.165, 1.54) is 11.3 Å². The van der Waals surface area contributed by atoms with Crippen LogP contribution in [0.3, 0.4) is 0 Å². The van der Waals surface area contributed by atoms with Crippen LogP contribution in [0, 0.1) is 0 Å². The third-order valence-corrected chi connectivity index (χ3v) is 1.68. The lowest BCUT2D eigenvalue weighted by Crippen LogP contribution is -2.32. The van der Waals surface area contributed by atoms with E-state index in [4.69, 9.17) is 21.7 Å². The molecule has 0 saturated heterocycles. The fraction of sp³-hybridized carbons (Fsp3) is 0. The molecule has 1 rings (SSSR count). The van der Waals surface area contributed by atoms with Crippen LogP contribution in [0.15, 0.2) is 29.4 Å². The maximum Gasteiger partial charge on any atom is 0.488 e. The Morgan fingerprint density at radius 2 is 1.86 bits per heavy atom. The van der Waals surface area contributed by atoms with Crippen LogP contribution in [0.4, 0.5) is 5.69 Å². The van der Waals surface area contributed by atoms with Gasteiger partial charge in [-0.05, 0) is 17.6 Å². The molecule has 0 aliphatic rings. The number of anilines is 1. The molecule has 0 aliphatic carbocycles. The second kappa shape index (κ2) is 4.61. The van der Waals surface area contributed by atoms with Crippen LogP contribution in [0.1, 0.15) is 0 Å². The summed E-state index contributed by atoms with van der Waals surface area (Å²) in [6.45, 7) is 0. The maximum atomic E-state index is 8.82. The molecule has 0 spiro atoms. The average Bonchev–Trinajstić information content (AvgIpc) is 2.18. The van der Waals surface area contributed by atoms with Crippen LogP contribution in [0.2, 0.25) is 0 Å². The Morgan fingerprint density at radius 3 is 2.29 bits per heavy atom. The van der Waals surface area contributed by atoms with E-state index in [-0.39, 0.29) is 0 Å². The number of rotatable bonds is 3. The van der Waals surface area contributed by atoms with Gasteiger partial charge in [0.25, 0.3) is 0 Å². The van der Waals surface area contributed by atoms with Gasteiger partial charge in [-0.1, -0.05) is 12.1 Å². The third-order valence-electron chi connectivity index (χ3n) is 1.68. The molecule has 1 aromatic rings. The van der Waals surface area contributed by atoms with Crippen LogP contribution in [0.5, 0.6) is 0 Å². The second-order valence-electron chi connectivity index (χ2n) is 2.64. The van der Waals surface area contributed by atoms with Crippen LogP contribution in [-0.4, -0.2) is 23.5 Å². The molecule has 1 aromatic carbocycles. The van der Waals surface area contributed by atoms with Crippen molar-refractivity contribution >= 4 is 24.6 Å². The number of hydrogen-bond donors (Lipinski definition) is 4. The summed E-state index contributed by atoms with van der Waals surface area (Å²) in [5.74, 6) is 10.4. The SMILES string of the molecule is N/N=C\N(N)c1ccc(B(O)O)cc1. The Labute approximate surface area is 81.6 Å². The van der Waals surface area contributed by atoms with E-state index in [0.29, 0.717) is 11.2 Å². The van der Waals surface area contributed by atoms with Crippen LogP contribution >= 0.6 is 0 Å². The van der Waals surface area contributed by atoms with Crippen molar-refractivity contribution in [1.29, 1.82) is 0 Å². The topological polar surface area (TPSA) is 108 Å². The molecule has 74 valence electrons. The summed E-state index contributed by atoms with van der Waals surface area (Å²) in [5, 5.41) is 22.1. The fourth-order valence-corrected chi connectivity index (χ4v) is 0.957. The first kappa shape index (κ1) is 10.5. The van der Waals surface area contributed by atoms with Crippen molar-refractivity contribution in [2.24, 2.45) is 16.8 Å². The summed E-state index contributed by atoms with van der Waals surface area (Å²) in [4.78, 5) is 0. The van der Waals surface area contributed by atoms with Gasteiger partial charge in [-0.2, -0.15) is 5.10 Å². The van der Waals surface area contributed by atoms with Gasteiger partial charge in [-0.15, -0.1) is 0 Å². The number of hydrazine groups is 1. The van der Waals surface area contributed by atoms with Crippen molar-refractivity contribution in [3.8, 4) is 0 Å². The monoisotopic (exact) mass is 194 g/mol. The molecule has 14 heavy (non-hydrogen) atoms. The van der Waals surface area contributed by atoms with E-state index in [2.05, 4.69) is 5.10 Å². The second-order valence-corrected chi connectivity index (χ2v) is 2.64. The van der Waals surface area contributed by atoms with Crippen molar-refractivity contribution < 1.29 is 10.0 Å². The molecule has 0 radical (unpaired) electrons. The largest absolute Gasteiger partial charge is 0.488 e. The van der Waals surface area contributed by atoms with Gasteiger partial charge in [0.1, 0.15) is 6.34 Å². The third kappa shape index (κ3) is 2.46. The average molecular weight is 194 g/mol. The van der Waals surface area contributed by atoms with Gasteiger partial charge < -0.3 is 15.9 Å². The molecular formula is C7H11BN4O2. The van der Waals surface area contributed by atoms with Gasteiger partial charge in [-0.3, -0.25) is 5.01 Å². The Bertz CT molecular complexity index is 314. The summed E-state index contributed by atoms with van der Waals surface area (Å²) in [6.07, 6.45) is 1.24. The summed E-state index contributed by atoms with van der Waals surface area (Å²) in [5.41, 5.74) is 1.04. The minimum absolute atomic E-state index is 0.395. The standard InChI is InChI=1S/C7H11BN4O2/c9-11-5-12(10)7-3-1-6(2-4-7)8(13)14/h1-5,13-14H,9-10H2/b11-5-. The molecule has 0 unspecified atom stereocenters. The van der Waals surface area contributed by atoms with Gasteiger partial charge in [0.2, 0.25) is 0 Å². The van der Waals surface area contributed by atoms with Crippen molar-refractivity contribution in [2.75, 3.05) is 5.01 Å². The lowest BCUT2D eigenvalue weighted by molar-refractivity contribution is 0.426. The lowest BCUT2D eigenvalue weighted by atomic mass is 9.80. The molecule has 6 nitrogen and oxygen atoms in total. The normalized spacial score (nSPS) is 10.5. The Hall–Kier alpha value is -1.57. The smallest absolute Gasteiger partial charge is 0.423 e. The zero-order chi connectivity index (χ0) is 10.6. The van der Waals surface area contributed by atoms with Gasteiger partial charge >= 0.3 is 7.12 Å². The van der Waals surface area contributed by atoms with E-state index >= 15 is 0 Å². The number of hydrogen-bond acceptors (Lipinski definition) is 5. The first-order valence-electron chi connectivity index (χ1n) is 3.88. The van der Waals surface area contributed by atoms with Crippen molar-refractivity contribution in [3.05, 3.63) is 24.3 Å². The molecule has 0 amide bonds. The first-order chi connectivity index (χ1) is 6.65. The highest BCUT2D eigenvalue weighted by Crippen LogP contribution is 2.06. The highest BCUT2D eigenvalue weighted by Gasteiger charge is 2.10. The molecule has 0 atom stereocenters. The molecule has 0 aromatic heterocycles. The van der Waals surface area contributed by atoms with Crippen molar-refractivity contribution in [3.63, 3.8) is 0 Å². The van der Waals surface area contributed by atoms with E-state index in [9.17, 15) is 0 Å². The minimum atomic E-state index is -1.47. The molecule has 0 saturated carbocycles. The van der Waals surface area contributed by atoms with E-state index in [1.807, 2.05) is 0 Å². The highest BCUT2D eigenvalue weighted by atomic mass is 16.4. The summed E-state index contributed by atoms with van der Waals surface area (Å²) in [7, 11) is -1.47. The summed E-state index contributed by atoms with van der Waals surface area (Å²) < 4.78 is 0. The van der Waals surface area contributed by atoms with E-state index < -0.39 is 7.12 Å². The van der Waals surface area contributed by atoms with Crippen LogP contribution in [0.25, 0.3) is 0 Å². The molecular weight excluding hydrogens is 183 g/mol. The quantitative estimate of drug-likeness (QED) is 0.145. The van der Waals surface area contributed by atoms with Gasteiger partial charge in [-0.25, -0.2) is 5.84 Å². The van der Waals surface area contributed by atoms with Crippen LogP contribution in [-0.2, 0) is 0 Å². The Kier molecular flexibility index (Phi) is 3.46. The molecule has 7 heteroatoms. The molecule has 0 fully saturated rings. The number of benzene rings is 1. The molecule has 0 bridgehead atoms. The predicted octanol–water partition coefficient (Wildman–Crippen LogP) is -2.05. The Morgan fingerprint density at radius 1 is 1.29 bits per heavy atom. The number of nitrogens with two attached hydrogens (primary N) is 2. The number of hydrazone groups is 1. The summed E-state index contributed by atoms with van der Waals surface area (Å²) >= 11 is 0. The predicted molar refractivity (Wildman–Crippen MR) is 55.6 cm³/mol. The molecule has 0 heterocycles. The molecule has 0 aliphatic heterocycles. The molecule has 6 N–H and O–H groups in total. The van der Waals surface area contributed by atoms with Crippen LogP contribution < -0.4 is 22.2 Å². The number of nitrogens with zero attached hydrogens (tertiary/aromatic N) is 2. The van der Waals surface area contributed by atoms with Gasteiger partial charge in [0.05, 0.1) is 5.69 Å². The highest BCUT2D eigenvalue weighted by molar-refractivity contribution is 6.58. The van der Waals surface area contributed by atoms with E-state index in [1.54, 1.807) is 24.3 Å². The minimum Gasteiger partial charge on any atom is -0.423 e. The van der Waals surface area contributed by atoms with E-state index in [0.717, 1.165) is 0 Å². The zero-order valence-electron chi connectivity index (χ0n) is 7.41. The zero-order valence-corrected chi connectivity index (χ0v) is 7.41. The van der Waals surface area contributed by atoms with Gasteiger partial charge in [0, 0.05) is 0 Å². The maximum absolute atomic E-state index is 8.82. The first-order valence-corrected chi connectivity index (χ1v) is 3.88. The Balaban J connectivity index is 2.82.